The van der Waals surface area contributed by atoms with Gasteiger partial charge in [0.25, 0.3) is 0 Å². The van der Waals surface area contributed by atoms with Gasteiger partial charge < -0.3 is 31.5 Å². The van der Waals surface area contributed by atoms with Crippen molar-refractivity contribution in [2.75, 3.05) is 0 Å². The molecule has 0 aliphatic carbocycles. The molecule has 8 atom stereocenters. The lowest BCUT2D eigenvalue weighted by molar-refractivity contribution is 0.0686. The van der Waals surface area contributed by atoms with Crippen molar-refractivity contribution >= 4 is 11.9 Å². The van der Waals surface area contributed by atoms with Crippen LogP contribution in [0.4, 0.5) is 0 Å². The van der Waals surface area contributed by atoms with Crippen LogP contribution in [0, 0.1) is 0 Å². The van der Waals surface area contributed by atoms with Crippen molar-refractivity contribution in [1.29, 1.82) is 0 Å². The third-order valence-electron chi connectivity index (χ3n) is 13.6. The lowest BCUT2D eigenvalue weighted by atomic mass is 9.82. The molecule has 6 N–H and O–H groups in total. The summed E-state index contributed by atoms with van der Waals surface area (Å²) in [5.74, 6) is -0.960. The summed E-state index contributed by atoms with van der Waals surface area (Å²) >= 11 is 0. The predicted octanol–water partition coefficient (Wildman–Crippen LogP) is 5.80. The molecule has 0 saturated carbocycles. The maximum atomic E-state index is 11.8. The summed E-state index contributed by atoms with van der Waals surface area (Å²) in [6, 6.07) is 25.9. The second-order valence-corrected chi connectivity index (χ2v) is 16.3. The Kier molecular flexibility index (Phi) is 9.78. The van der Waals surface area contributed by atoms with Gasteiger partial charge in [0.15, 0.2) is 0 Å². The highest BCUT2D eigenvalue weighted by molar-refractivity contribution is 5.88. The maximum absolute atomic E-state index is 11.8. The number of carbonyl (C=O) groups is 2. The first-order chi connectivity index (χ1) is 26.4. The highest BCUT2D eigenvalue weighted by Gasteiger charge is 2.49. The molecule has 2 aromatic heterocycles. The van der Waals surface area contributed by atoms with Crippen LogP contribution in [0.5, 0.6) is 0 Å². The number of pyridine rings is 2. The molecule has 0 spiro atoms. The van der Waals surface area contributed by atoms with Crippen molar-refractivity contribution in [3.63, 3.8) is 0 Å². The van der Waals surface area contributed by atoms with E-state index >= 15 is 0 Å². The quantitative estimate of drug-likeness (QED) is 0.144. The maximum Gasteiger partial charge on any atom is 0.335 e. The van der Waals surface area contributed by atoms with Gasteiger partial charge in [-0.1, -0.05) is 24.3 Å². The molecule has 8 bridgehead atoms. The summed E-state index contributed by atoms with van der Waals surface area (Å²) in [7, 11) is 0. The highest BCUT2D eigenvalue weighted by Crippen LogP contribution is 2.45. The monoisotopic (exact) mass is 726 g/mol. The van der Waals surface area contributed by atoms with Crippen LogP contribution < -0.4 is 21.3 Å². The van der Waals surface area contributed by atoms with E-state index in [0.717, 1.165) is 51.4 Å². The van der Waals surface area contributed by atoms with Crippen LogP contribution in [-0.4, -0.2) is 80.5 Å². The van der Waals surface area contributed by atoms with Gasteiger partial charge in [-0.25, -0.2) is 9.59 Å². The first-order valence-corrected chi connectivity index (χ1v) is 19.9. The van der Waals surface area contributed by atoms with Crippen molar-refractivity contribution < 1.29 is 19.8 Å². The van der Waals surface area contributed by atoms with Crippen LogP contribution in [0.25, 0.3) is 0 Å². The number of benzene rings is 2. The molecule has 5 aliphatic heterocycles. The van der Waals surface area contributed by atoms with E-state index in [2.05, 4.69) is 55.5 Å². The second kappa shape index (κ2) is 15.0. The summed E-state index contributed by atoms with van der Waals surface area (Å²) in [5, 5.41) is 36.3. The molecule has 5 saturated heterocycles. The number of rotatable bonds is 6. The van der Waals surface area contributed by atoms with Gasteiger partial charge in [0.1, 0.15) is 0 Å². The molecule has 4 aromatic rings. The molecular weight excluding hydrogens is 677 g/mol. The van der Waals surface area contributed by atoms with E-state index in [1.54, 1.807) is 24.3 Å². The molecule has 5 aliphatic rings. The first-order valence-electron chi connectivity index (χ1n) is 19.9. The van der Waals surface area contributed by atoms with Crippen LogP contribution in [0.1, 0.15) is 118 Å². The van der Waals surface area contributed by atoms with Crippen LogP contribution >= 0.6 is 0 Å². The van der Waals surface area contributed by atoms with Gasteiger partial charge in [-0.3, -0.25) is 9.97 Å². The third kappa shape index (κ3) is 6.74. The summed E-state index contributed by atoms with van der Waals surface area (Å²) in [6.45, 7) is 0. The minimum atomic E-state index is -0.901. The van der Waals surface area contributed by atoms with E-state index in [1.165, 1.54) is 22.3 Å². The Bertz CT molecular complexity index is 1740. The predicted molar refractivity (Wildman–Crippen MR) is 206 cm³/mol. The zero-order chi connectivity index (χ0) is 36.8. The average molecular weight is 727 g/mol. The number of fused-ring (bicyclic) bond motifs is 8. The zero-order valence-corrected chi connectivity index (χ0v) is 30.4. The van der Waals surface area contributed by atoms with E-state index in [9.17, 15) is 19.8 Å². The second-order valence-electron chi connectivity index (χ2n) is 16.3. The van der Waals surface area contributed by atoms with E-state index in [1.807, 2.05) is 49.1 Å². The summed E-state index contributed by atoms with van der Waals surface area (Å²) in [4.78, 5) is 32.5. The van der Waals surface area contributed by atoms with E-state index in [4.69, 9.17) is 0 Å². The fraction of sp³-hybridized carbons (Fsp3) is 0.455. The topological polar surface area (TPSA) is 148 Å². The normalized spacial score (nSPS) is 34.8. The number of carboxylic acids is 2. The molecule has 0 amide bonds. The summed E-state index contributed by atoms with van der Waals surface area (Å²) in [5.41, 5.74) is 5.60. The van der Waals surface area contributed by atoms with Gasteiger partial charge in [-0.2, -0.15) is 0 Å². The third-order valence-corrected chi connectivity index (χ3v) is 13.6. The van der Waals surface area contributed by atoms with Crippen molar-refractivity contribution in [3.8, 4) is 0 Å². The molecule has 5 fully saturated rings. The number of hydrogen-bond acceptors (Lipinski definition) is 8. The Balaban J connectivity index is 1.13. The van der Waals surface area contributed by atoms with Crippen molar-refractivity contribution in [2.45, 2.75) is 123 Å². The molecule has 10 heteroatoms. The van der Waals surface area contributed by atoms with E-state index < -0.39 is 11.9 Å². The van der Waals surface area contributed by atoms with Crippen molar-refractivity contribution in [3.05, 3.63) is 131 Å². The molecule has 8 unspecified atom stereocenters. The van der Waals surface area contributed by atoms with Crippen molar-refractivity contribution in [1.82, 2.24) is 31.2 Å². The molecule has 0 radical (unpaired) electrons. The average Bonchev–Trinajstić information content (AvgIpc) is 4.04. The Morgan fingerprint density at radius 2 is 0.611 bits per heavy atom. The SMILES string of the molecule is O=C(O)c1ccc(C2C3CCC(N3)C(c3ccncc3)C3CCC(N3)C(c3ccc(C(=O)O)cc3)C3CCC(N3)C(c3ccncc3)C3CCC2N3)cc1. The lowest BCUT2D eigenvalue weighted by Gasteiger charge is -2.37. The van der Waals surface area contributed by atoms with Gasteiger partial charge in [-0.15, -0.1) is 0 Å². The number of carboxylic acid groups (broad SMARTS) is 2. The Morgan fingerprint density at radius 1 is 0.389 bits per heavy atom. The largest absolute Gasteiger partial charge is 0.478 e. The summed E-state index contributed by atoms with van der Waals surface area (Å²) < 4.78 is 0. The van der Waals surface area contributed by atoms with Gasteiger partial charge in [-0.05, 0) is 122 Å². The molecule has 2 aromatic carbocycles. The number of aromatic nitrogens is 2. The Hall–Kier alpha value is -4.48. The van der Waals surface area contributed by atoms with Crippen molar-refractivity contribution in [2.24, 2.45) is 0 Å². The minimum absolute atomic E-state index is 0.179. The molecule has 10 nitrogen and oxygen atoms in total. The van der Waals surface area contributed by atoms with Crippen LogP contribution in [-0.2, 0) is 0 Å². The number of aromatic carboxylic acids is 2. The zero-order valence-electron chi connectivity index (χ0n) is 30.4. The number of hydrogen-bond donors (Lipinski definition) is 6. The highest BCUT2D eigenvalue weighted by atomic mass is 16.4. The standard InChI is InChI=1S/C44H50N6O4/c51-43(52)29-5-1-25(2-6-29)39-31-9-13-35(47-31)41(27-17-21-45-22-18-27)37-15-11-33(49-37)40(26-3-7-30(8-4-26)44(53)54)34-12-16-38(50-34)42(28-19-23-46-24-20-28)36-14-10-32(39)48-36/h1-8,17-24,31-42,47-50H,9-16H2,(H,51,52)(H,53,54). The first kappa shape index (κ1) is 35.2. The molecule has 7 heterocycles. The van der Waals surface area contributed by atoms with Gasteiger partial charge in [0, 0.05) is 96.8 Å². The molecule has 280 valence electrons. The van der Waals surface area contributed by atoms with Crippen LogP contribution in [0.15, 0.2) is 97.6 Å². The minimum Gasteiger partial charge on any atom is -0.478 e. The van der Waals surface area contributed by atoms with Crippen LogP contribution in [0.2, 0.25) is 0 Å². The fourth-order valence-corrected chi connectivity index (χ4v) is 11.3. The van der Waals surface area contributed by atoms with Gasteiger partial charge >= 0.3 is 11.9 Å². The van der Waals surface area contributed by atoms with Gasteiger partial charge in [0.2, 0.25) is 0 Å². The van der Waals surface area contributed by atoms with Crippen LogP contribution in [0.3, 0.4) is 0 Å². The molecule has 54 heavy (non-hydrogen) atoms. The smallest absolute Gasteiger partial charge is 0.335 e. The molecule has 9 rings (SSSR count). The Labute approximate surface area is 316 Å². The van der Waals surface area contributed by atoms with E-state index in [0.29, 0.717) is 11.1 Å². The molecular formula is C44H50N6O4. The number of nitrogens with one attached hydrogen (secondary N) is 4. The number of nitrogens with zero attached hydrogens (tertiary/aromatic N) is 2. The summed E-state index contributed by atoms with van der Waals surface area (Å²) in [6.07, 6.45) is 16.0. The van der Waals surface area contributed by atoms with Gasteiger partial charge in [0.05, 0.1) is 11.1 Å². The Morgan fingerprint density at radius 3 is 0.833 bits per heavy atom. The van der Waals surface area contributed by atoms with E-state index in [-0.39, 0.29) is 72.0 Å². The fourth-order valence-electron chi connectivity index (χ4n) is 11.3. The lowest BCUT2D eigenvalue weighted by Crippen LogP contribution is -2.51.